The van der Waals surface area contributed by atoms with Crippen LogP contribution in [0.5, 0.6) is 0 Å². The Hall–Kier alpha value is -1.53. The number of aromatic nitrogens is 1. The maximum Gasteiger partial charge on any atom is 0.0543 e. The molecule has 0 aliphatic heterocycles. The molecule has 2 aromatic carbocycles. The Morgan fingerprint density at radius 3 is 1.52 bits per heavy atom. The Bertz CT molecular complexity index is 856. The van der Waals surface area contributed by atoms with E-state index in [1.807, 2.05) is 12.3 Å². The van der Waals surface area contributed by atoms with Crippen LogP contribution in [0.25, 0.3) is 0 Å². The first-order valence-electron chi connectivity index (χ1n) is 10.8. The van der Waals surface area contributed by atoms with Crippen molar-refractivity contribution in [3.63, 3.8) is 0 Å². The van der Waals surface area contributed by atoms with Gasteiger partial charge >= 0.3 is 0 Å². The number of hydrogen-bond donors (Lipinski definition) is 2. The molecule has 0 saturated carbocycles. The van der Waals surface area contributed by atoms with E-state index in [9.17, 15) is 0 Å². The number of benzene rings is 2. The molecule has 1 radical (unpaired) electrons. The van der Waals surface area contributed by atoms with E-state index in [0.717, 1.165) is 38.4 Å². The van der Waals surface area contributed by atoms with Crippen LogP contribution in [-0.4, -0.2) is 36.1 Å². The second-order valence-corrected chi connectivity index (χ2v) is 7.98. The van der Waals surface area contributed by atoms with E-state index in [-0.39, 0.29) is 47.2 Å². The fourth-order valence-corrected chi connectivity index (χ4v) is 3.86. The number of halogens is 2. The van der Waals surface area contributed by atoms with Crippen LogP contribution in [0.15, 0.2) is 60.8 Å². The second kappa shape index (κ2) is 16.2. The molecular formula is C26H34AgCl2N4-2. The summed E-state index contributed by atoms with van der Waals surface area (Å²) in [5.41, 5.74) is 8.79. The number of rotatable bonds is 10. The smallest absolute Gasteiger partial charge is 0.0543 e. The summed E-state index contributed by atoms with van der Waals surface area (Å²) in [7, 11) is 0. The topological polar surface area (TPSA) is 40.2 Å². The fraction of sp³-hybridized carbons (Fsp3) is 0.346. The molecule has 1 heterocycles. The molecule has 0 spiro atoms. The predicted molar refractivity (Wildman–Crippen MR) is 128 cm³/mol. The molecule has 0 aliphatic rings. The van der Waals surface area contributed by atoms with Gasteiger partial charge in [0.1, 0.15) is 0 Å². The maximum atomic E-state index is 4.53. The molecular weight excluding hydrogens is 547 g/mol. The number of nitrogens with zero attached hydrogens (tertiary/aromatic N) is 2. The van der Waals surface area contributed by atoms with Crippen LogP contribution in [0.3, 0.4) is 0 Å². The van der Waals surface area contributed by atoms with Crippen molar-refractivity contribution in [1.82, 2.24) is 9.88 Å². The van der Waals surface area contributed by atoms with Gasteiger partial charge in [0.15, 0.2) is 0 Å². The van der Waals surface area contributed by atoms with Crippen molar-refractivity contribution in [3.8, 4) is 0 Å². The maximum absolute atomic E-state index is 4.53. The minimum atomic E-state index is 0. The van der Waals surface area contributed by atoms with Gasteiger partial charge in [-0.25, -0.2) is 0 Å². The van der Waals surface area contributed by atoms with Crippen LogP contribution in [0.2, 0.25) is 0 Å². The molecule has 3 aromatic rings. The normalized spacial score (nSPS) is 9.97. The van der Waals surface area contributed by atoms with Crippen molar-refractivity contribution in [2.45, 2.75) is 34.2 Å². The Morgan fingerprint density at radius 2 is 1.12 bits per heavy atom. The number of para-hydroxylation sites is 2. The van der Waals surface area contributed by atoms with Gasteiger partial charge in [0, 0.05) is 72.7 Å². The molecule has 0 unspecified atom stereocenters. The van der Waals surface area contributed by atoms with E-state index in [1.165, 1.54) is 33.6 Å². The number of nitrogens with one attached hydrogen (secondary N) is 2. The van der Waals surface area contributed by atoms with Crippen molar-refractivity contribution in [1.29, 1.82) is 0 Å². The van der Waals surface area contributed by atoms with Gasteiger partial charge < -0.3 is 35.4 Å². The van der Waals surface area contributed by atoms with E-state index in [1.54, 1.807) is 0 Å². The SMILES string of the molecule is Cc1cccc(C)c1NCCN(CCNc1c(C)cccc1C)Cc1ccccn1.[Ag].[Cl-].[Cl-]. The van der Waals surface area contributed by atoms with Crippen molar-refractivity contribution in [2.24, 2.45) is 0 Å². The molecule has 3 rings (SSSR count). The molecule has 0 fully saturated rings. The van der Waals surface area contributed by atoms with Crippen LogP contribution < -0.4 is 35.4 Å². The zero-order chi connectivity index (χ0) is 21.3. The molecule has 7 heteroatoms. The summed E-state index contributed by atoms with van der Waals surface area (Å²) in [6.07, 6.45) is 1.87. The van der Waals surface area contributed by atoms with Gasteiger partial charge in [0.2, 0.25) is 0 Å². The first-order valence-corrected chi connectivity index (χ1v) is 10.8. The monoisotopic (exact) mass is 579 g/mol. The van der Waals surface area contributed by atoms with E-state index < -0.39 is 0 Å². The van der Waals surface area contributed by atoms with Gasteiger partial charge in [0.05, 0.1) is 5.69 Å². The zero-order valence-corrected chi connectivity index (χ0v) is 22.8. The third-order valence-electron chi connectivity index (χ3n) is 5.53. The summed E-state index contributed by atoms with van der Waals surface area (Å²) >= 11 is 0. The Kier molecular flexibility index (Phi) is 15.4. The van der Waals surface area contributed by atoms with E-state index >= 15 is 0 Å². The Labute approximate surface area is 227 Å². The standard InChI is InChI=1S/C26H34N4.Ag.2ClH/c1-20-9-7-10-21(2)25(20)28-15-17-30(19-24-13-5-6-14-27-24)18-16-29-26-22(3)11-8-12-23(26)4;;;/h5-14,28-29H,15-19H2,1-4H3;;2*1H/p-2. The van der Waals surface area contributed by atoms with Crippen LogP contribution >= 0.6 is 0 Å². The van der Waals surface area contributed by atoms with E-state index in [0.29, 0.717) is 0 Å². The summed E-state index contributed by atoms with van der Waals surface area (Å²) in [6, 6.07) is 19.0. The van der Waals surface area contributed by atoms with Gasteiger partial charge in [-0.15, -0.1) is 0 Å². The Balaban J connectivity index is 0.00000341. The number of aryl methyl sites for hydroxylation is 4. The largest absolute Gasteiger partial charge is 1.00 e. The second-order valence-electron chi connectivity index (χ2n) is 7.98. The third kappa shape index (κ3) is 9.70. The zero-order valence-electron chi connectivity index (χ0n) is 19.8. The van der Waals surface area contributed by atoms with Crippen LogP contribution in [-0.2, 0) is 28.9 Å². The summed E-state index contributed by atoms with van der Waals surface area (Å²) < 4.78 is 0. The Morgan fingerprint density at radius 1 is 0.667 bits per heavy atom. The molecule has 0 atom stereocenters. The van der Waals surface area contributed by atoms with Crippen molar-refractivity contribution < 1.29 is 47.2 Å². The first-order chi connectivity index (χ1) is 14.5. The van der Waals surface area contributed by atoms with Crippen molar-refractivity contribution >= 4 is 11.4 Å². The molecule has 0 bridgehead atoms. The first kappa shape index (κ1) is 31.5. The molecule has 0 amide bonds. The summed E-state index contributed by atoms with van der Waals surface area (Å²) in [4.78, 5) is 6.99. The molecule has 4 nitrogen and oxygen atoms in total. The van der Waals surface area contributed by atoms with Crippen LogP contribution in [0.1, 0.15) is 27.9 Å². The van der Waals surface area contributed by atoms with Gasteiger partial charge in [-0.1, -0.05) is 42.5 Å². The van der Waals surface area contributed by atoms with Gasteiger partial charge in [-0.05, 0) is 62.1 Å². The van der Waals surface area contributed by atoms with Gasteiger partial charge in [-0.3, -0.25) is 9.88 Å². The van der Waals surface area contributed by atoms with Crippen molar-refractivity contribution in [3.05, 3.63) is 88.7 Å². The quantitative estimate of drug-likeness (QED) is 0.313. The van der Waals surface area contributed by atoms with E-state index in [4.69, 9.17) is 0 Å². The summed E-state index contributed by atoms with van der Waals surface area (Å²) in [6.45, 7) is 13.2. The minimum Gasteiger partial charge on any atom is -1.00 e. The molecule has 0 saturated heterocycles. The van der Waals surface area contributed by atoms with Crippen LogP contribution in [0, 0.1) is 27.7 Å². The average Bonchev–Trinajstić information content (AvgIpc) is 2.73. The van der Waals surface area contributed by atoms with Gasteiger partial charge in [0.25, 0.3) is 0 Å². The summed E-state index contributed by atoms with van der Waals surface area (Å²) in [5.74, 6) is 0. The number of hydrogen-bond acceptors (Lipinski definition) is 4. The third-order valence-corrected chi connectivity index (χ3v) is 5.53. The molecule has 33 heavy (non-hydrogen) atoms. The number of anilines is 2. The average molecular weight is 581 g/mol. The molecule has 1 aromatic heterocycles. The predicted octanol–water partition coefficient (Wildman–Crippen LogP) is -0.653. The van der Waals surface area contributed by atoms with E-state index in [2.05, 4.69) is 96.7 Å². The fourth-order valence-electron chi connectivity index (χ4n) is 3.86. The van der Waals surface area contributed by atoms with Gasteiger partial charge in [-0.2, -0.15) is 0 Å². The summed E-state index contributed by atoms with van der Waals surface area (Å²) in [5, 5.41) is 7.28. The van der Waals surface area contributed by atoms with Crippen molar-refractivity contribution in [2.75, 3.05) is 36.8 Å². The molecule has 2 N–H and O–H groups in total. The number of pyridine rings is 1. The molecule has 0 aliphatic carbocycles. The minimum absolute atomic E-state index is 0. The molecule has 185 valence electrons. The van der Waals surface area contributed by atoms with Crippen LogP contribution in [0.4, 0.5) is 11.4 Å².